The van der Waals surface area contributed by atoms with Gasteiger partial charge in [0.05, 0.1) is 12.4 Å². The largest absolute Gasteiger partial charge is 0.355 e. The molecule has 2 aromatic rings. The zero-order chi connectivity index (χ0) is 16.4. The summed E-state index contributed by atoms with van der Waals surface area (Å²) < 4.78 is 0. The lowest BCUT2D eigenvalue weighted by Gasteiger charge is -2.42. The molecule has 0 radical (unpaired) electrons. The Hall–Kier alpha value is -1.59. The zero-order valence-electron chi connectivity index (χ0n) is 13.9. The van der Waals surface area contributed by atoms with Gasteiger partial charge in [-0.15, -0.1) is 0 Å². The first-order valence-electron chi connectivity index (χ1n) is 8.81. The number of nitrogens with two attached hydrogens (primary N) is 1. The third kappa shape index (κ3) is 3.15. The third-order valence-electron chi connectivity index (χ3n) is 5.64. The maximum Gasteiger partial charge on any atom is 0.147 e. The SMILES string of the molecule is N[C@@H]1CCCC12CCN(c1cnc(Sc3ccccc3)cn1)CC2. The topological polar surface area (TPSA) is 55.0 Å². The van der Waals surface area contributed by atoms with Crippen molar-refractivity contribution in [3.05, 3.63) is 42.7 Å². The van der Waals surface area contributed by atoms with E-state index >= 15 is 0 Å². The van der Waals surface area contributed by atoms with E-state index in [0.717, 1.165) is 23.9 Å². The highest BCUT2D eigenvalue weighted by Crippen LogP contribution is 2.45. The number of anilines is 1. The van der Waals surface area contributed by atoms with Crippen LogP contribution >= 0.6 is 11.8 Å². The summed E-state index contributed by atoms with van der Waals surface area (Å²) in [6.45, 7) is 2.10. The lowest BCUT2D eigenvalue weighted by atomic mass is 9.74. The molecule has 1 aromatic carbocycles. The van der Waals surface area contributed by atoms with Crippen molar-refractivity contribution in [3.8, 4) is 0 Å². The molecule has 1 spiro atoms. The van der Waals surface area contributed by atoms with Gasteiger partial charge in [-0.25, -0.2) is 9.97 Å². The molecular formula is C19H24N4S. The Kier molecular flexibility index (Phi) is 4.46. The van der Waals surface area contributed by atoms with E-state index < -0.39 is 0 Å². The van der Waals surface area contributed by atoms with Gasteiger partial charge in [0.2, 0.25) is 0 Å². The highest BCUT2D eigenvalue weighted by Gasteiger charge is 2.42. The molecule has 24 heavy (non-hydrogen) atoms. The third-order valence-corrected chi connectivity index (χ3v) is 6.57. The van der Waals surface area contributed by atoms with Gasteiger partial charge in [-0.05, 0) is 43.2 Å². The number of nitrogens with zero attached hydrogens (tertiary/aromatic N) is 3. The summed E-state index contributed by atoms with van der Waals surface area (Å²) in [6.07, 6.45) is 9.99. The number of piperidine rings is 1. The van der Waals surface area contributed by atoms with Gasteiger partial charge in [0.15, 0.2) is 0 Å². The normalized spacial score (nSPS) is 22.9. The summed E-state index contributed by atoms with van der Waals surface area (Å²) >= 11 is 1.65. The van der Waals surface area contributed by atoms with Gasteiger partial charge < -0.3 is 10.6 Å². The van der Waals surface area contributed by atoms with Crippen LogP contribution in [-0.4, -0.2) is 29.1 Å². The Labute approximate surface area is 147 Å². The van der Waals surface area contributed by atoms with E-state index in [1.165, 1.54) is 37.0 Å². The monoisotopic (exact) mass is 340 g/mol. The van der Waals surface area contributed by atoms with Crippen LogP contribution in [0.3, 0.4) is 0 Å². The van der Waals surface area contributed by atoms with Gasteiger partial charge in [0, 0.05) is 24.0 Å². The molecule has 1 saturated carbocycles. The molecule has 4 rings (SSSR count). The molecule has 2 fully saturated rings. The molecule has 126 valence electrons. The predicted octanol–water partition coefficient (Wildman–Crippen LogP) is 3.73. The summed E-state index contributed by atoms with van der Waals surface area (Å²) in [6, 6.07) is 10.7. The van der Waals surface area contributed by atoms with E-state index in [9.17, 15) is 0 Å². The second-order valence-electron chi connectivity index (χ2n) is 6.98. The number of aromatic nitrogens is 2. The van der Waals surface area contributed by atoms with E-state index in [-0.39, 0.29) is 0 Å². The Balaban J connectivity index is 1.39. The van der Waals surface area contributed by atoms with Crippen molar-refractivity contribution in [2.75, 3.05) is 18.0 Å². The van der Waals surface area contributed by atoms with Crippen LogP contribution < -0.4 is 10.6 Å². The van der Waals surface area contributed by atoms with Crippen LogP contribution in [0.2, 0.25) is 0 Å². The second kappa shape index (κ2) is 6.73. The summed E-state index contributed by atoms with van der Waals surface area (Å²) in [5, 5.41) is 0.941. The van der Waals surface area contributed by atoms with E-state index in [4.69, 9.17) is 5.73 Å². The van der Waals surface area contributed by atoms with Crippen LogP contribution in [0.25, 0.3) is 0 Å². The lowest BCUT2D eigenvalue weighted by Crippen LogP contribution is -2.47. The summed E-state index contributed by atoms with van der Waals surface area (Å²) in [5.41, 5.74) is 6.77. The number of rotatable bonds is 3. The number of benzene rings is 1. The molecule has 1 atom stereocenters. The molecule has 2 aliphatic rings. The van der Waals surface area contributed by atoms with Crippen molar-refractivity contribution >= 4 is 17.6 Å². The van der Waals surface area contributed by atoms with Crippen molar-refractivity contribution in [1.29, 1.82) is 0 Å². The predicted molar refractivity (Wildman–Crippen MR) is 98.3 cm³/mol. The quantitative estimate of drug-likeness (QED) is 0.923. The second-order valence-corrected chi connectivity index (χ2v) is 8.07. The molecule has 1 aliphatic carbocycles. The summed E-state index contributed by atoms with van der Waals surface area (Å²) in [7, 11) is 0. The molecule has 0 bridgehead atoms. The number of hydrogen-bond acceptors (Lipinski definition) is 5. The first-order valence-corrected chi connectivity index (χ1v) is 9.62. The molecule has 0 unspecified atom stereocenters. The van der Waals surface area contributed by atoms with Crippen molar-refractivity contribution in [2.45, 2.75) is 48.1 Å². The average Bonchev–Trinajstić information content (AvgIpc) is 2.98. The fourth-order valence-corrected chi connectivity index (χ4v) is 4.85. The summed E-state index contributed by atoms with van der Waals surface area (Å²) in [4.78, 5) is 12.8. The Bertz CT molecular complexity index is 666. The molecular weight excluding hydrogens is 316 g/mol. The van der Waals surface area contributed by atoms with E-state index in [1.807, 2.05) is 30.6 Å². The maximum absolute atomic E-state index is 6.37. The van der Waals surface area contributed by atoms with E-state index in [1.54, 1.807) is 11.8 Å². The molecule has 1 aliphatic heterocycles. The van der Waals surface area contributed by atoms with Crippen LogP contribution in [0.5, 0.6) is 0 Å². The van der Waals surface area contributed by atoms with Crippen LogP contribution in [-0.2, 0) is 0 Å². The molecule has 1 aromatic heterocycles. The first kappa shape index (κ1) is 15.9. The Morgan fingerprint density at radius 2 is 1.83 bits per heavy atom. The molecule has 2 heterocycles. The van der Waals surface area contributed by atoms with Gasteiger partial charge >= 0.3 is 0 Å². The molecule has 1 saturated heterocycles. The van der Waals surface area contributed by atoms with Crippen LogP contribution in [0.15, 0.2) is 52.6 Å². The standard InChI is InChI=1S/C19H24N4S/c20-16-7-4-8-19(16)9-11-23(12-10-19)17-13-22-18(14-21-17)24-15-5-2-1-3-6-15/h1-3,5-6,13-14,16H,4,7-12,20H2/t16-/m1/s1. The van der Waals surface area contributed by atoms with Gasteiger partial charge in [0.25, 0.3) is 0 Å². The van der Waals surface area contributed by atoms with Gasteiger partial charge in [0.1, 0.15) is 10.8 Å². The van der Waals surface area contributed by atoms with Gasteiger partial charge in [-0.2, -0.15) is 0 Å². The van der Waals surface area contributed by atoms with Crippen molar-refractivity contribution < 1.29 is 0 Å². The highest BCUT2D eigenvalue weighted by atomic mass is 32.2. The molecule has 0 amide bonds. The molecule has 4 nitrogen and oxygen atoms in total. The average molecular weight is 340 g/mol. The molecule has 2 N–H and O–H groups in total. The minimum absolute atomic E-state index is 0.396. The van der Waals surface area contributed by atoms with Crippen LogP contribution in [0, 0.1) is 5.41 Å². The smallest absolute Gasteiger partial charge is 0.147 e. The fraction of sp³-hybridized carbons (Fsp3) is 0.474. The fourth-order valence-electron chi connectivity index (χ4n) is 4.10. The van der Waals surface area contributed by atoms with Crippen molar-refractivity contribution in [3.63, 3.8) is 0 Å². The highest BCUT2D eigenvalue weighted by molar-refractivity contribution is 7.99. The van der Waals surface area contributed by atoms with Gasteiger partial charge in [-0.3, -0.25) is 0 Å². The zero-order valence-corrected chi connectivity index (χ0v) is 14.7. The van der Waals surface area contributed by atoms with Gasteiger partial charge in [-0.1, -0.05) is 36.4 Å². The summed E-state index contributed by atoms with van der Waals surface area (Å²) in [5.74, 6) is 0.994. The number of hydrogen-bond donors (Lipinski definition) is 1. The van der Waals surface area contributed by atoms with Crippen molar-refractivity contribution in [2.24, 2.45) is 11.1 Å². The lowest BCUT2D eigenvalue weighted by molar-refractivity contribution is 0.197. The Morgan fingerprint density at radius 1 is 1.04 bits per heavy atom. The van der Waals surface area contributed by atoms with Crippen LogP contribution in [0.4, 0.5) is 5.82 Å². The van der Waals surface area contributed by atoms with E-state index in [2.05, 4.69) is 27.0 Å². The van der Waals surface area contributed by atoms with E-state index in [0.29, 0.717) is 11.5 Å². The maximum atomic E-state index is 6.37. The molecule has 5 heteroatoms. The van der Waals surface area contributed by atoms with Crippen LogP contribution in [0.1, 0.15) is 32.1 Å². The Morgan fingerprint density at radius 3 is 2.46 bits per heavy atom. The van der Waals surface area contributed by atoms with Crippen molar-refractivity contribution in [1.82, 2.24) is 9.97 Å². The first-order chi connectivity index (χ1) is 11.8. The minimum atomic E-state index is 0.396. The minimum Gasteiger partial charge on any atom is -0.355 e.